The lowest BCUT2D eigenvalue weighted by Gasteiger charge is -2.26. The monoisotopic (exact) mass is 1260 g/mol. The van der Waals surface area contributed by atoms with Gasteiger partial charge in [-0.1, -0.05) is 284 Å². The predicted octanol–water partition coefficient (Wildman–Crippen LogP) is 25.0. The summed E-state index contributed by atoms with van der Waals surface area (Å²) in [5.74, 6) is 0. The topological polar surface area (TPSA) is 57.7 Å². The maximum atomic E-state index is 11.1. The number of anilines is 3. The lowest BCUT2D eigenvalue weighted by atomic mass is 9.83. The van der Waals surface area contributed by atoms with Crippen LogP contribution in [0.3, 0.4) is 0 Å². The second-order valence-electron chi connectivity index (χ2n) is 27.3. The van der Waals surface area contributed by atoms with Gasteiger partial charge >= 0.3 is 0 Å². The van der Waals surface area contributed by atoms with Crippen LogP contribution in [-0.2, 0) is 10.8 Å². The van der Waals surface area contributed by atoms with Crippen LogP contribution in [0, 0.1) is 11.3 Å². The third-order valence-corrected chi connectivity index (χ3v) is 19.8. The van der Waals surface area contributed by atoms with Crippen molar-refractivity contribution in [2.24, 2.45) is 0 Å². The first-order valence-electron chi connectivity index (χ1n) is 33.3. The fourth-order valence-electron chi connectivity index (χ4n) is 14.3. The lowest BCUT2D eigenvalue weighted by Crippen LogP contribution is -2.11. The number of rotatable bonds is 12. The molecular formula is C91H69N5S. The zero-order chi connectivity index (χ0) is 65.9. The first-order valence-corrected chi connectivity index (χ1v) is 34.0. The molecular weight excluding hydrogens is 1200 g/mol. The van der Waals surface area contributed by atoms with Crippen molar-refractivity contribution in [1.82, 2.24) is 13.3 Å². The molecule has 0 radical (unpaired) electrons. The molecule has 0 saturated heterocycles. The van der Waals surface area contributed by atoms with E-state index in [2.05, 4.69) is 366 Å². The van der Waals surface area contributed by atoms with Gasteiger partial charge in [-0.2, -0.15) is 14.0 Å². The van der Waals surface area contributed by atoms with E-state index >= 15 is 0 Å². The zero-order valence-electron chi connectivity index (χ0n) is 55.1. The van der Waals surface area contributed by atoms with Gasteiger partial charge in [-0.25, -0.2) is 0 Å². The van der Waals surface area contributed by atoms with Crippen molar-refractivity contribution in [3.63, 3.8) is 0 Å². The van der Waals surface area contributed by atoms with Gasteiger partial charge in [0.05, 0.1) is 34.0 Å². The van der Waals surface area contributed by atoms with Crippen LogP contribution in [0.2, 0.25) is 0 Å². The van der Waals surface area contributed by atoms with Crippen molar-refractivity contribution in [3.05, 3.63) is 337 Å². The van der Waals surface area contributed by atoms with Gasteiger partial charge in [0.2, 0.25) is 0 Å². The number of hydrogen-bond acceptors (Lipinski definition) is 5. The predicted molar refractivity (Wildman–Crippen MR) is 410 cm³/mol. The molecule has 0 saturated carbocycles. The molecule has 0 unspecified atom stereocenters. The summed E-state index contributed by atoms with van der Waals surface area (Å²) in [5.41, 5.74) is 26.2. The molecule has 0 fully saturated rings. The third kappa shape index (κ3) is 11.0. The molecule has 464 valence electrons. The van der Waals surface area contributed by atoms with Crippen molar-refractivity contribution < 1.29 is 0 Å². The van der Waals surface area contributed by atoms with Crippen LogP contribution in [0.4, 0.5) is 17.1 Å². The lowest BCUT2D eigenvalue weighted by molar-refractivity contribution is 0.590. The minimum absolute atomic E-state index is 0.000934. The van der Waals surface area contributed by atoms with Crippen molar-refractivity contribution in [3.8, 4) is 67.4 Å². The van der Waals surface area contributed by atoms with Crippen LogP contribution in [0.5, 0.6) is 0 Å². The Kier molecular flexibility index (Phi) is 15.2. The normalized spacial score (nSPS) is 11.8. The molecule has 0 aliphatic carbocycles. The Hall–Kier alpha value is -11.8. The van der Waals surface area contributed by atoms with E-state index in [9.17, 15) is 5.26 Å². The highest BCUT2D eigenvalue weighted by atomic mass is 32.1. The number of aromatic nitrogens is 3. The first kappa shape index (κ1) is 60.2. The highest BCUT2D eigenvalue weighted by Crippen LogP contribution is 2.48. The van der Waals surface area contributed by atoms with Gasteiger partial charge in [-0.3, -0.25) is 0 Å². The van der Waals surface area contributed by atoms with Crippen LogP contribution in [0.25, 0.3) is 127 Å². The summed E-state index contributed by atoms with van der Waals surface area (Å²) in [6.07, 6.45) is 0. The Morgan fingerprint density at radius 1 is 0.361 bits per heavy atom. The summed E-state index contributed by atoms with van der Waals surface area (Å²) < 4.78 is 12.7. The number of hydrogen-bond donors (Lipinski definition) is 0. The van der Waals surface area contributed by atoms with Gasteiger partial charge in [-0.05, 0) is 177 Å². The molecule has 0 atom stereocenters. The highest BCUT2D eigenvalue weighted by Gasteiger charge is 2.25. The maximum Gasteiger partial charge on any atom is 0.129 e. The summed E-state index contributed by atoms with van der Waals surface area (Å²) in [5, 5.41) is 18.3. The average Bonchev–Trinajstić information content (AvgIpc) is 1.69. The van der Waals surface area contributed by atoms with Crippen LogP contribution >= 0.6 is 11.7 Å². The summed E-state index contributed by atoms with van der Waals surface area (Å²) in [6, 6.07) is 114. The maximum absolute atomic E-state index is 11.1. The number of allylic oxidation sites excluding steroid dienone is 1. The number of fused-ring (bicyclic) bond motifs is 6. The molecule has 16 aromatic rings. The van der Waals surface area contributed by atoms with E-state index in [-0.39, 0.29) is 10.8 Å². The molecule has 6 heteroatoms. The van der Waals surface area contributed by atoms with E-state index in [0.29, 0.717) is 5.57 Å². The fourth-order valence-corrected chi connectivity index (χ4v) is 14.9. The van der Waals surface area contributed by atoms with Crippen LogP contribution in [0.15, 0.2) is 309 Å². The minimum atomic E-state index is -0.000934. The van der Waals surface area contributed by atoms with Gasteiger partial charge in [0.15, 0.2) is 0 Å². The Morgan fingerprint density at radius 2 is 0.794 bits per heavy atom. The van der Waals surface area contributed by atoms with E-state index in [1.807, 2.05) is 0 Å². The van der Waals surface area contributed by atoms with Gasteiger partial charge in [0, 0.05) is 39.0 Å². The molecule has 0 spiro atoms. The van der Waals surface area contributed by atoms with Crippen LogP contribution < -0.4 is 4.90 Å². The quantitative estimate of drug-likeness (QED) is 0.0695. The number of nitrogens with zero attached hydrogens (tertiary/aromatic N) is 5. The van der Waals surface area contributed by atoms with E-state index < -0.39 is 0 Å². The zero-order valence-corrected chi connectivity index (χ0v) is 55.9. The van der Waals surface area contributed by atoms with E-state index in [1.165, 1.54) is 72.0 Å². The SMILES string of the molecule is CC(C)(C)c1ccc(C(=C(C#N)c2ccc(-c3ccc(N(c4ccc(-c5ccccc5)cc4)c4ccc(-c5ccc6c(c5)c5ccccc5n6-c5ccc6c(-c7ccccc7)c7ccccc7c(-c7ccccc7)c6c5)c5nsnc45)cc3)cc2)c2ccc(C(C)(C)C)cc2)cc1. The fraction of sp³-hybridized carbons (Fsp3) is 0.0879. The summed E-state index contributed by atoms with van der Waals surface area (Å²) in [4.78, 5) is 2.30. The second-order valence-corrected chi connectivity index (χ2v) is 27.9. The summed E-state index contributed by atoms with van der Waals surface area (Å²) in [6.45, 7) is 13.4. The molecule has 2 heterocycles. The summed E-state index contributed by atoms with van der Waals surface area (Å²) >= 11 is 1.24. The Bertz CT molecular complexity index is 5650. The number of nitriles is 1. The van der Waals surface area contributed by atoms with Gasteiger partial charge in [0.1, 0.15) is 17.1 Å². The molecule has 0 aliphatic rings. The standard InChI is InChI=1S/C91H69N5S/c1-90(2,3)69-43-34-66(35-44-69)85(67-36-45-70(46-37-67)91(4,5)6)81(58-92)63-32-30-60(31-33-63)62-40-49-72(50-41-62)95(71-47-38-61(39-48-71)59-20-10-7-11-21-59)84-55-53-74(88-89(84)94-97-93-88)68-42-54-83-79(56-68)75-26-18-19-29-82(75)96(83)73-51-52-78-80(57-73)87(65-24-14-9-15-25-65)77-28-17-16-27-76(77)86(78)64-22-12-8-13-23-64/h7-57H,1-6H3. The highest BCUT2D eigenvalue weighted by molar-refractivity contribution is 7.00. The van der Waals surface area contributed by atoms with Gasteiger partial charge in [-0.15, -0.1) is 0 Å². The van der Waals surface area contributed by atoms with Crippen LogP contribution in [0.1, 0.15) is 69.4 Å². The molecule has 0 bridgehead atoms. The van der Waals surface area contributed by atoms with E-state index in [0.717, 1.165) is 106 Å². The minimum Gasteiger partial charge on any atom is -0.309 e. The Balaban J connectivity index is 0.775. The largest absolute Gasteiger partial charge is 0.309 e. The van der Waals surface area contributed by atoms with Gasteiger partial charge in [0.25, 0.3) is 0 Å². The molecule has 0 amide bonds. The molecule has 2 aromatic heterocycles. The van der Waals surface area contributed by atoms with Crippen molar-refractivity contribution in [1.29, 1.82) is 5.26 Å². The van der Waals surface area contributed by atoms with E-state index in [4.69, 9.17) is 8.75 Å². The molecule has 0 aliphatic heterocycles. The third-order valence-electron chi connectivity index (χ3n) is 19.3. The first-order chi connectivity index (χ1) is 47.3. The van der Waals surface area contributed by atoms with Crippen LogP contribution in [-0.4, -0.2) is 13.3 Å². The molecule has 0 N–H and O–H groups in total. The Labute approximate surface area is 571 Å². The van der Waals surface area contributed by atoms with Crippen molar-refractivity contribution in [2.45, 2.75) is 52.4 Å². The summed E-state index contributed by atoms with van der Waals surface area (Å²) in [7, 11) is 0. The molecule has 97 heavy (non-hydrogen) atoms. The number of benzene rings is 14. The smallest absolute Gasteiger partial charge is 0.129 e. The average molecular weight is 1260 g/mol. The van der Waals surface area contributed by atoms with Gasteiger partial charge < -0.3 is 9.47 Å². The molecule has 5 nitrogen and oxygen atoms in total. The van der Waals surface area contributed by atoms with E-state index in [1.54, 1.807) is 0 Å². The Morgan fingerprint density at radius 3 is 1.33 bits per heavy atom. The van der Waals surface area contributed by atoms with Crippen molar-refractivity contribution >= 4 is 94.3 Å². The second kappa shape index (κ2) is 24.5. The molecule has 14 aromatic carbocycles. The van der Waals surface area contributed by atoms with Crippen molar-refractivity contribution in [2.75, 3.05) is 4.90 Å². The molecule has 16 rings (SSSR count). The number of para-hydroxylation sites is 1.